The Morgan fingerprint density at radius 1 is 1.67 bits per heavy atom. The van der Waals surface area contributed by atoms with Gasteiger partial charge < -0.3 is 15.4 Å². The molecule has 2 atom stereocenters. The second-order valence-corrected chi connectivity index (χ2v) is 5.56. The molecule has 18 heavy (non-hydrogen) atoms. The number of aliphatic hydroxyl groups excluding tert-OH is 1. The van der Waals surface area contributed by atoms with Crippen molar-refractivity contribution in [2.45, 2.75) is 11.8 Å². The standard InChI is InChI=1S/C10H13N5O2S/c11-10-13-8-7(9(17)14-10)12-4-15(8)6-1-5(2-16)3-18-6/h4-6,16H,1-3H2,(H3,11,13,14,17). The number of nitrogen functional groups attached to an aromatic ring is 1. The van der Waals surface area contributed by atoms with Crippen molar-refractivity contribution < 1.29 is 5.11 Å². The Balaban J connectivity index is 2.05. The number of imidazole rings is 1. The van der Waals surface area contributed by atoms with Gasteiger partial charge in [0.15, 0.2) is 11.2 Å². The minimum absolute atomic E-state index is 0.0935. The second kappa shape index (κ2) is 4.29. The largest absolute Gasteiger partial charge is 0.396 e. The molecule has 3 heterocycles. The average Bonchev–Trinajstić information content (AvgIpc) is 2.93. The summed E-state index contributed by atoms with van der Waals surface area (Å²) in [6, 6.07) is 0. The number of nitrogens with one attached hydrogen (secondary N) is 1. The van der Waals surface area contributed by atoms with Gasteiger partial charge in [0, 0.05) is 12.4 Å². The summed E-state index contributed by atoms with van der Waals surface area (Å²) in [7, 11) is 0. The SMILES string of the molecule is Nc1nc2c(ncn2C2CC(CO)CS2)c(=O)[nH]1. The lowest BCUT2D eigenvalue weighted by molar-refractivity contribution is 0.233. The van der Waals surface area contributed by atoms with Crippen LogP contribution in [0.15, 0.2) is 11.1 Å². The molecule has 0 radical (unpaired) electrons. The highest BCUT2D eigenvalue weighted by atomic mass is 32.2. The Morgan fingerprint density at radius 3 is 3.22 bits per heavy atom. The Bertz CT molecular complexity index is 637. The third-order valence-corrected chi connectivity index (χ3v) is 4.55. The van der Waals surface area contributed by atoms with Crippen LogP contribution in [-0.2, 0) is 0 Å². The summed E-state index contributed by atoms with van der Waals surface area (Å²) in [5.74, 6) is 1.28. The number of fused-ring (bicyclic) bond motifs is 1. The third-order valence-electron chi connectivity index (χ3n) is 3.08. The van der Waals surface area contributed by atoms with Crippen molar-refractivity contribution in [1.82, 2.24) is 19.5 Å². The van der Waals surface area contributed by atoms with Crippen molar-refractivity contribution in [2.75, 3.05) is 18.1 Å². The van der Waals surface area contributed by atoms with E-state index in [0.717, 1.165) is 12.2 Å². The van der Waals surface area contributed by atoms with E-state index in [9.17, 15) is 4.79 Å². The van der Waals surface area contributed by atoms with Crippen molar-refractivity contribution in [2.24, 2.45) is 5.92 Å². The molecular weight excluding hydrogens is 254 g/mol. The van der Waals surface area contributed by atoms with Crippen LogP contribution >= 0.6 is 11.8 Å². The molecule has 2 aromatic heterocycles. The van der Waals surface area contributed by atoms with E-state index in [4.69, 9.17) is 10.8 Å². The van der Waals surface area contributed by atoms with Crippen LogP contribution in [-0.4, -0.2) is 37.0 Å². The lowest BCUT2D eigenvalue weighted by atomic mass is 10.1. The van der Waals surface area contributed by atoms with E-state index in [0.29, 0.717) is 11.2 Å². The van der Waals surface area contributed by atoms with E-state index in [1.807, 2.05) is 4.57 Å². The number of thioether (sulfide) groups is 1. The maximum Gasteiger partial charge on any atom is 0.280 e. The first-order valence-corrected chi connectivity index (χ1v) is 6.68. The number of H-pyrrole nitrogens is 1. The highest BCUT2D eigenvalue weighted by Crippen LogP contribution is 2.40. The molecule has 1 fully saturated rings. The molecule has 96 valence electrons. The minimum Gasteiger partial charge on any atom is -0.396 e. The van der Waals surface area contributed by atoms with Crippen LogP contribution in [0.3, 0.4) is 0 Å². The van der Waals surface area contributed by atoms with Gasteiger partial charge in [-0.15, -0.1) is 11.8 Å². The number of nitrogens with two attached hydrogens (primary N) is 1. The second-order valence-electron chi connectivity index (χ2n) is 4.35. The molecule has 0 spiro atoms. The topological polar surface area (TPSA) is 110 Å². The molecular formula is C10H13N5O2S. The summed E-state index contributed by atoms with van der Waals surface area (Å²) >= 11 is 1.73. The van der Waals surface area contributed by atoms with Gasteiger partial charge in [-0.3, -0.25) is 9.78 Å². The molecule has 8 heteroatoms. The fourth-order valence-corrected chi connectivity index (χ4v) is 3.60. The van der Waals surface area contributed by atoms with Crippen molar-refractivity contribution in [1.29, 1.82) is 0 Å². The number of aromatic amines is 1. The molecule has 1 saturated heterocycles. The molecule has 4 N–H and O–H groups in total. The van der Waals surface area contributed by atoms with Gasteiger partial charge in [0.1, 0.15) is 0 Å². The van der Waals surface area contributed by atoms with E-state index in [2.05, 4.69) is 15.0 Å². The van der Waals surface area contributed by atoms with Crippen molar-refractivity contribution in [3.05, 3.63) is 16.7 Å². The van der Waals surface area contributed by atoms with Crippen LogP contribution in [0.25, 0.3) is 11.2 Å². The van der Waals surface area contributed by atoms with Crippen LogP contribution in [0.5, 0.6) is 0 Å². The van der Waals surface area contributed by atoms with Gasteiger partial charge in [0.25, 0.3) is 5.56 Å². The van der Waals surface area contributed by atoms with Crippen LogP contribution < -0.4 is 11.3 Å². The number of hydrogen-bond acceptors (Lipinski definition) is 6. The van der Waals surface area contributed by atoms with Crippen LogP contribution in [0.1, 0.15) is 11.8 Å². The Labute approximate surface area is 106 Å². The van der Waals surface area contributed by atoms with Gasteiger partial charge in [0.05, 0.1) is 11.7 Å². The van der Waals surface area contributed by atoms with Crippen LogP contribution in [0.4, 0.5) is 5.95 Å². The van der Waals surface area contributed by atoms with E-state index >= 15 is 0 Å². The first-order valence-electron chi connectivity index (χ1n) is 5.64. The third kappa shape index (κ3) is 1.77. The van der Waals surface area contributed by atoms with E-state index < -0.39 is 0 Å². The number of nitrogens with zero attached hydrogens (tertiary/aromatic N) is 3. The Hall–Kier alpha value is -1.54. The maximum atomic E-state index is 11.7. The summed E-state index contributed by atoms with van der Waals surface area (Å²) in [6.45, 7) is 0.187. The van der Waals surface area contributed by atoms with Gasteiger partial charge in [-0.1, -0.05) is 0 Å². The molecule has 1 aliphatic rings. The summed E-state index contributed by atoms with van der Waals surface area (Å²) in [4.78, 5) is 22.3. The predicted molar refractivity (Wildman–Crippen MR) is 69.2 cm³/mol. The van der Waals surface area contributed by atoms with E-state index in [-0.39, 0.29) is 29.4 Å². The monoisotopic (exact) mass is 267 g/mol. The minimum atomic E-state index is -0.321. The number of rotatable bonds is 2. The number of aliphatic hydroxyl groups is 1. The fraction of sp³-hybridized carbons (Fsp3) is 0.500. The number of anilines is 1. The molecule has 2 aromatic rings. The van der Waals surface area contributed by atoms with Crippen LogP contribution in [0.2, 0.25) is 0 Å². The molecule has 0 bridgehead atoms. The first-order chi connectivity index (χ1) is 8.69. The predicted octanol–water partition coefficient (Wildman–Crippen LogP) is -0.0542. The molecule has 0 amide bonds. The van der Waals surface area contributed by atoms with Crippen molar-refractivity contribution >= 4 is 28.9 Å². The van der Waals surface area contributed by atoms with Crippen molar-refractivity contribution in [3.8, 4) is 0 Å². The molecule has 1 aliphatic heterocycles. The fourth-order valence-electron chi connectivity index (χ4n) is 2.14. The molecule has 2 unspecified atom stereocenters. The Morgan fingerprint density at radius 2 is 2.50 bits per heavy atom. The first kappa shape index (κ1) is 11.5. The lowest BCUT2D eigenvalue weighted by Gasteiger charge is -2.11. The summed E-state index contributed by atoms with van der Waals surface area (Å²) in [5, 5.41) is 9.31. The average molecular weight is 267 g/mol. The highest BCUT2D eigenvalue weighted by Gasteiger charge is 2.27. The van der Waals surface area contributed by atoms with Gasteiger partial charge in [-0.25, -0.2) is 4.98 Å². The Kier molecular flexibility index (Phi) is 2.75. The van der Waals surface area contributed by atoms with E-state index in [1.165, 1.54) is 0 Å². The molecule has 0 aromatic carbocycles. The zero-order valence-electron chi connectivity index (χ0n) is 9.54. The van der Waals surface area contributed by atoms with Gasteiger partial charge in [-0.05, 0) is 12.3 Å². The van der Waals surface area contributed by atoms with Crippen molar-refractivity contribution in [3.63, 3.8) is 0 Å². The maximum absolute atomic E-state index is 11.7. The smallest absolute Gasteiger partial charge is 0.280 e. The van der Waals surface area contributed by atoms with Gasteiger partial charge >= 0.3 is 0 Å². The number of aromatic nitrogens is 4. The highest BCUT2D eigenvalue weighted by molar-refractivity contribution is 7.99. The quantitative estimate of drug-likeness (QED) is 0.703. The summed E-state index contributed by atoms with van der Waals surface area (Å²) in [6.07, 6.45) is 2.46. The molecule has 0 aliphatic carbocycles. The molecule has 7 nitrogen and oxygen atoms in total. The van der Waals surface area contributed by atoms with E-state index in [1.54, 1.807) is 18.1 Å². The summed E-state index contributed by atoms with van der Waals surface area (Å²) < 4.78 is 1.86. The molecule has 3 rings (SSSR count). The normalized spacial score (nSPS) is 23.8. The van der Waals surface area contributed by atoms with Gasteiger partial charge in [0.2, 0.25) is 5.95 Å². The zero-order valence-corrected chi connectivity index (χ0v) is 10.4. The lowest BCUT2D eigenvalue weighted by Crippen LogP contribution is -2.13. The van der Waals surface area contributed by atoms with Gasteiger partial charge in [-0.2, -0.15) is 4.98 Å². The number of hydrogen-bond donors (Lipinski definition) is 3. The molecule has 0 saturated carbocycles. The zero-order chi connectivity index (χ0) is 12.7. The summed E-state index contributed by atoms with van der Waals surface area (Å²) in [5.41, 5.74) is 6.04. The van der Waals surface area contributed by atoms with Crippen LogP contribution in [0, 0.1) is 5.92 Å².